The smallest absolute Gasteiger partial charge is 0.263 e. The highest BCUT2D eigenvalue weighted by Crippen LogP contribution is 2.31. The van der Waals surface area contributed by atoms with Gasteiger partial charge in [-0.05, 0) is 37.0 Å². The van der Waals surface area contributed by atoms with Crippen molar-refractivity contribution >= 4 is 40.3 Å². The number of carbonyl (C=O) groups excluding carboxylic acids is 1. The average Bonchev–Trinajstić information content (AvgIpc) is 3.38. The van der Waals surface area contributed by atoms with Crippen LogP contribution in [0.3, 0.4) is 0 Å². The van der Waals surface area contributed by atoms with Crippen LogP contribution in [0.1, 0.15) is 41.5 Å². The summed E-state index contributed by atoms with van der Waals surface area (Å²) < 4.78 is 2.19. The standard InChI is InChI=1S/C19H25N5OS3/c1-12(2)11-24-15(22-23-19(24)26-4)8-5-9-20-17(25)16-13(3)21-18(28-16)14-7-6-10-27-14/h6-7,10,12H,5,8-9,11H2,1-4H3,(H,20,25). The minimum atomic E-state index is -0.0498. The molecule has 3 aromatic heterocycles. The molecule has 0 bridgehead atoms. The zero-order valence-corrected chi connectivity index (χ0v) is 19.0. The predicted octanol–water partition coefficient (Wildman–Crippen LogP) is 4.51. The van der Waals surface area contributed by atoms with Gasteiger partial charge in [0.05, 0.1) is 10.6 Å². The number of hydrogen-bond acceptors (Lipinski definition) is 7. The van der Waals surface area contributed by atoms with Crippen LogP contribution in [-0.2, 0) is 13.0 Å². The largest absolute Gasteiger partial charge is 0.351 e. The number of carbonyl (C=O) groups is 1. The maximum atomic E-state index is 12.5. The van der Waals surface area contributed by atoms with E-state index in [1.165, 1.54) is 11.3 Å². The van der Waals surface area contributed by atoms with Gasteiger partial charge >= 0.3 is 0 Å². The second-order valence-electron chi connectivity index (χ2n) is 6.88. The zero-order valence-electron chi connectivity index (χ0n) is 16.6. The Kier molecular flexibility index (Phi) is 7.25. The van der Waals surface area contributed by atoms with Crippen molar-refractivity contribution in [3.8, 4) is 9.88 Å². The number of thiophene rings is 1. The van der Waals surface area contributed by atoms with Gasteiger partial charge < -0.3 is 9.88 Å². The first-order valence-corrected chi connectivity index (χ1v) is 12.2. The molecule has 0 aliphatic rings. The molecule has 28 heavy (non-hydrogen) atoms. The van der Waals surface area contributed by atoms with Crippen molar-refractivity contribution in [2.24, 2.45) is 5.92 Å². The fourth-order valence-electron chi connectivity index (χ4n) is 2.84. The van der Waals surface area contributed by atoms with Gasteiger partial charge in [-0.2, -0.15) is 0 Å². The molecule has 0 spiro atoms. The zero-order chi connectivity index (χ0) is 20.1. The van der Waals surface area contributed by atoms with Gasteiger partial charge in [0.2, 0.25) is 0 Å². The monoisotopic (exact) mass is 435 g/mol. The lowest BCUT2D eigenvalue weighted by atomic mass is 10.2. The van der Waals surface area contributed by atoms with Crippen LogP contribution in [0.15, 0.2) is 22.7 Å². The molecule has 9 heteroatoms. The van der Waals surface area contributed by atoms with Crippen molar-refractivity contribution in [3.63, 3.8) is 0 Å². The second kappa shape index (κ2) is 9.67. The molecule has 6 nitrogen and oxygen atoms in total. The quantitative estimate of drug-likeness (QED) is 0.395. The van der Waals surface area contributed by atoms with E-state index < -0.39 is 0 Å². The van der Waals surface area contributed by atoms with Crippen molar-refractivity contribution in [1.29, 1.82) is 0 Å². The van der Waals surface area contributed by atoms with E-state index in [1.807, 2.05) is 30.7 Å². The Morgan fingerprint density at radius 1 is 1.36 bits per heavy atom. The SMILES string of the molecule is CSc1nnc(CCCNC(=O)c2sc(-c3cccs3)nc2C)n1CC(C)C. The van der Waals surface area contributed by atoms with Crippen LogP contribution in [0, 0.1) is 12.8 Å². The number of rotatable bonds is 9. The summed E-state index contributed by atoms with van der Waals surface area (Å²) in [7, 11) is 0. The molecule has 3 rings (SSSR count). The number of aromatic nitrogens is 4. The summed E-state index contributed by atoms with van der Waals surface area (Å²) in [6, 6.07) is 4.03. The van der Waals surface area contributed by atoms with Gasteiger partial charge in [-0.1, -0.05) is 31.7 Å². The summed E-state index contributed by atoms with van der Waals surface area (Å²) in [5, 5.41) is 15.5. The molecular formula is C19H25N5OS3. The van der Waals surface area contributed by atoms with E-state index in [9.17, 15) is 4.79 Å². The van der Waals surface area contributed by atoms with E-state index in [0.29, 0.717) is 17.3 Å². The van der Waals surface area contributed by atoms with Crippen molar-refractivity contribution in [1.82, 2.24) is 25.1 Å². The molecule has 1 N–H and O–H groups in total. The molecule has 3 aromatic rings. The van der Waals surface area contributed by atoms with Gasteiger partial charge in [0.15, 0.2) is 5.16 Å². The molecule has 0 saturated carbocycles. The minimum Gasteiger partial charge on any atom is -0.351 e. The highest BCUT2D eigenvalue weighted by atomic mass is 32.2. The van der Waals surface area contributed by atoms with E-state index in [4.69, 9.17) is 0 Å². The maximum Gasteiger partial charge on any atom is 0.263 e. The molecule has 0 aromatic carbocycles. The lowest BCUT2D eigenvalue weighted by molar-refractivity contribution is 0.0956. The Balaban J connectivity index is 1.55. The lowest BCUT2D eigenvalue weighted by Gasteiger charge is -2.11. The summed E-state index contributed by atoms with van der Waals surface area (Å²) in [4.78, 5) is 18.9. The van der Waals surface area contributed by atoms with Crippen LogP contribution in [0.25, 0.3) is 9.88 Å². The van der Waals surface area contributed by atoms with Gasteiger partial charge in [0.1, 0.15) is 15.7 Å². The lowest BCUT2D eigenvalue weighted by Crippen LogP contribution is -2.25. The number of hydrogen-bond donors (Lipinski definition) is 1. The number of thioether (sulfide) groups is 1. The van der Waals surface area contributed by atoms with Gasteiger partial charge in [0.25, 0.3) is 5.91 Å². The van der Waals surface area contributed by atoms with Gasteiger partial charge in [-0.3, -0.25) is 4.79 Å². The van der Waals surface area contributed by atoms with Crippen LogP contribution < -0.4 is 5.32 Å². The number of amides is 1. The van der Waals surface area contributed by atoms with Gasteiger partial charge in [-0.15, -0.1) is 32.9 Å². The molecule has 0 fully saturated rings. The summed E-state index contributed by atoms with van der Waals surface area (Å²) in [6.45, 7) is 7.79. The highest BCUT2D eigenvalue weighted by molar-refractivity contribution is 7.98. The van der Waals surface area contributed by atoms with Crippen LogP contribution in [0.2, 0.25) is 0 Å². The van der Waals surface area contributed by atoms with Crippen molar-refractivity contribution in [3.05, 3.63) is 33.9 Å². The third-order valence-electron chi connectivity index (χ3n) is 4.12. The highest BCUT2D eigenvalue weighted by Gasteiger charge is 2.17. The first-order chi connectivity index (χ1) is 13.5. The number of thiazole rings is 1. The third kappa shape index (κ3) is 5.01. The van der Waals surface area contributed by atoms with E-state index in [-0.39, 0.29) is 5.91 Å². The van der Waals surface area contributed by atoms with Crippen molar-refractivity contribution < 1.29 is 4.79 Å². The molecule has 150 valence electrons. The van der Waals surface area contributed by atoms with Crippen LogP contribution in [0.5, 0.6) is 0 Å². The Hall–Kier alpha value is -1.71. The summed E-state index contributed by atoms with van der Waals surface area (Å²) >= 11 is 4.71. The number of aryl methyl sites for hydroxylation is 2. The van der Waals surface area contributed by atoms with Gasteiger partial charge in [0, 0.05) is 19.5 Å². The molecule has 1 amide bonds. The van der Waals surface area contributed by atoms with E-state index in [2.05, 4.69) is 38.9 Å². The maximum absolute atomic E-state index is 12.5. The Bertz CT molecular complexity index is 914. The molecule has 3 heterocycles. The molecule has 0 atom stereocenters. The van der Waals surface area contributed by atoms with Crippen LogP contribution >= 0.6 is 34.4 Å². The Morgan fingerprint density at radius 2 is 2.18 bits per heavy atom. The minimum absolute atomic E-state index is 0.0498. The average molecular weight is 436 g/mol. The fourth-order valence-corrected chi connectivity index (χ4v) is 5.15. The molecule has 0 aliphatic carbocycles. The normalized spacial score (nSPS) is 11.3. The van der Waals surface area contributed by atoms with Gasteiger partial charge in [-0.25, -0.2) is 4.98 Å². The van der Waals surface area contributed by atoms with Crippen LogP contribution in [0.4, 0.5) is 0 Å². The Morgan fingerprint density at radius 3 is 2.86 bits per heavy atom. The summed E-state index contributed by atoms with van der Waals surface area (Å²) in [5.74, 6) is 1.47. The summed E-state index contributed by atoms with van der Waals surface area (Å²) in [6.07, 6.45) is 3.64. The molecular weight excluding hydrogens is 410 g/mol. The summed E-state index contributed by atoms with van der Waals surface area (Å²) in [5.41, 5.74) is 0.784. The van der Waals surface area contributed by atoms with E-state index >= 15 is 0 Å². The van der Waals surface area contributed by atoms with E-state index in [1.54, 1.807) is 23.1 Å². The fraction of sp³-hybridized carbons (Fsp3) is 0.474. The molecule has 0 unspecified atom stereocenters. The van der Waals surface area contributed by atoms with Crippen molar-refractivity contribution in [2.75, 3.05) is 12.8 Å². The topological polar surface area (TPSA) is 72.7 Å². The third-order valence-corrected chi connectivity index (χ3v) is 6.98. The van der Waals surface area contributed by atoms with Crippen LogP contribution in [-0.4, -0.2) is 38.5 Å². The van der Waals surface area contributed by atoms with Crippen molar-refractivity contribution in [2.45, 2.75) is 45.3 Å². The second-order valence-corrected chi connectivity index (χ2v) is 9.60. The first kappa shape index (κ1) is 21.0. The number of nitrogens with one attached hydrogen (secondary N) is 1. The first-order valence-electron chi connectivity index (χ1n) is 9.25. The predicted molar refractivity (Wildman–Crippen MR) is 117 cm³/mol. The molecule has 0 saturated heterocycles. The molecule has 0 aliphatic heterocycles. The molecule has 0 radical (unpaired) electrons. The van der Waals surface area contributed by atoms with E-state index in [0.717, 1.165) is 45.9 Å². The Labute approximate surface area is 177 Å². The number of nitrogens with zero attached hydrogens (tertiary/aromatic N) is 4.